The zero-order chi connectivity index (χ0) is 14.4. The van der Waals surface area contributed by atoms with Crippen LogP contribution in [0, 0.1) is 0 Å². The van der Waals surface area contributed by atoms with Crippen LogP contribution in [-0.4, -0.2) is 49.5 Å². The molecule has 0 atom stereocenters. The number of hydrogen-bond donors (Lipinski definition) is 1. The number of nitrogens with zero attached hydrogens (tertiary/aromatic N) is 2. The normalized spacial score (nSPS) is 11.0. The summed E-state index contributed by atoms with van der Waals surface area (Å²) in [5.74, 6) is -0.966. The average Bonchev–Trinajstić information content (AvgIpc) is 2.74. The van der Waals surface area contributed by atoms with Crippen LogP contribution < -0.4 is 4.90 Å². The van der Waals surface area contributed by atoms with Gasteiger partial charge in [-0.15, -0.1) is 0 Å². The van der Waals surface area contributed by atoms with Crippen molar-refractivity contribution in [1.29, 1.82) is 0 Å². The van der Waals surface area contributed by atoms with Crippen molar-refractivity contribution in [2.24, 2.45) is 0 Å². The van der Waals surface area contributed by atoms with Gasteiger partial charge in [0, 0.05) is 26.8 Å². The van der Waals surface area contributed by atoms with E-state index >= 15 is 0 Å². The summed E-state index contributed by atoms with van der Waals surface area (Å²) in [5, 5.41) is 9.86. The molecule has 1 rings (SSSR count). The summed E-state index contributed by atoms with van der Waals surface area (Å²) in [6.07, 6.45) is 0. The number of hydrogen-bond acceptors (Lipinski definition) is 6. The molecular weight excluding hydrogens is 268 g/mol. The van der Waals surface area contributed by atoms with Crippen molar-refractivity contribution in [3.63, 3.8) is 0 Å². The molecule has 0 bridgehead atoms. The molecule has 108 valence electrons. The lowest BCUT2D eigenvalue weighted by Crippen LogP contribution is -2.33. The number of carbonyl (C=O) groups is 1. The van der Waals surface area contributed by atoms with Crippen LogP contribution in [0.25, 0.3) is 0 Å². The molecule has 7 heteroatoms. The first kappa shape index (κ1) is 15.9. The van der Waals surface area contributed by atoms with E-state index in [0.717, 1.165) is 0 Å². The number of anilines is 1. The first-order chi connectivity index (χ1) is 9.01. The second kappa shape index (κ2) is 7.42. The number of aromatic nitrogens is 1. The Morgan fingerprint density at radius 3 is 2.58 bits per heavy atom. The molecule has 0 spiro atoms. The van der Waals surface area contributed by atoms with Crippen LogP contribution in [0.5, 0.6) is 0 Å². The van der Waals surface area contributed by atoms with Crippen molar-refractivity contribution in [2.75, 3.05) is 32.3 Å². The van der Waals surface area contributed by atoms with E-state index in [0.29, 0.717) is 24.0 Å². The van der Waals surface area contributed by atoms with Crippen molar-refractivity contribution in [3.05, 3.63) is 10.6 Å². The quantitative estimate of drug-likeness (QED) is 0.787. The number of methoxy groups -OCH3 is 2. The molecule has 1 heterocycles. The Balaban J connectivity index is 3.02. The van der Waals surface area contributed by atoms with Crippen LogP contribution >= 0.6 is 11.3 Å². The highest BCUT2D eigenvalue weighted by Gasteiger charge is 2.21. The Bertz CT molecular complexity index is 420. The van der Waals surface area contributed by atoms with E-state index in [-0.39, 0.29) is 17.5 Å². The van der Waals surface area contributed by atoms with E-state index in [4.69, 9.17) is 9.47 Å². The minimum Gasteiger partial charge on any atom is -0.477 e. The van der Waals surface area contributed by atoms with Crippen molar-refractivity contribution in [2.45, 2.75) is 26.5 Å². The van der Waals surface area contributed by atoms with E-state index < -0.39 is 5.97 Å². The zero-order valence-corrected chi connectivity index (χ0v) is 12.5. The molecule has 6 nitrogen and oxygen atoms in total. The molecule has 0 fully saturated rings. The fourth-order valence-corrected chi connectivity index (χ4v) is 2.70. The van der Waals surface area contributed by atoms with Crippen molar-refractivity contribution in [3.8, 4) is 0 Å². The fourth-order valence-electron chi connectivity index (χ4n) is 1.63. The summed E-state index contributed by atoms with van der Waals surface area (Å²) >= 11 is 1.17. The predicted molar refractivity (Wildman–Crippen MR) is 74.1 cm³/mol. The molecular formula is C12H20N2O4S. The van der Waals surface area contributed by atoms with Crippen LogP contribution in [0.1, 0.15) is 29.2 Å². The molecule has 0 aliphatic carbocycles. The van der Waals surface area contributed by atoms with Gasteiger partial charge >= 0.3 is 5.97 Å². The van der Waals surface area contributed by atoms with E-state index in [1.165, 1.54) is 18.4 Å². The van der Waals surface area contributed by atoms with Crippen LogP contribution in [0.3, 0.4) is 0 Å². The minimum absolute atomic E-state index is 0.203. The number of thiazole rings is 1. The number of ether oxygens (including phenoxy) is 2. The van der Waals surface area contributed by atoms with Crippen LogP contribution in [0.4, 0.5) is 5.13 Å². The van der Waals surface area contributed by atoms with Gasteiger partial charge in [0.1, 0.15) is 4.88 Å². The molecule has 0 saturated carbocycles. The largest absolute Gasteiger partial charge is 0.477 e. The van der Waals surface area contributed by atoms with Gasteiger partial charge in [-0.1, -0.05) is 11.3 Å². The number of aromatic carboxylic acids is 1. The van der Waals surface area contributed by atoms with Gasteiger partial charge in [0.15, 0.2) is 5.13 Å². The van der Waals surface area contributed by atoms with Crippen LogP contribution in [0.15, 0.2) is 0 Å². The molecule has 0 aliphatic heterocycles. The third-order valence-electron chi connectivity index (χ3n) is 2.57. The summed E-state index contributed by atoms with van der Waals surface area (Å²) in [6, 6.07) is 0.221. The second-order valence-electron chi connectivity index (χ2n) is 4.29. The maximum absolute atomic E-state index is 11.2. The molecule has 1 N–H and O–H groups in total. The van der Waals surface area contributed by atoms with Gasteiger partial charge in [-0.05, 0) is 13.8 Å². The molecule has 1 aromatic rings. The zero-order valence-electron chi connectivity index (χ0n) is 11.7. The van der Waals surface area contributed by atoms with Gasteiger partial charge in [0.25, 0.3) is 0 Å². The van der Waals surface area contributed by atoms with Crippen molar-refractivity contribution in [1.82, 2.24) is 4.98 Å². The molecule has 0 unspecified atom stereocenters. The fraction of sp³-hybridized carbons (Fsp3) is 0.667. The highest BCUT2D eigenvalue weighted by Crippen LogP contribution is 2.28. The molecule has 0 saturated heterocycles. The number of rotatable bonds is 8. The van der Waals surface area contributed by atoms with Gasteiger partial charge < -0.3 is 19.5 Å². The number of carboxylic acids is 1. The van der Waals surface area contributed by atoms with Gasteiger partial charge in [-0.3, -0.25) is 0 Å². The molecule has 0 amide bonds. The van der Waals surface area contributed by atoms with Gasteiger partial charge in [0.05, 0.1) is 18.9 Å². The Labute approximate surface area is 117 Å². The smallest absolute Gasteiger partial charge is 0.347 e. The van der Waals surface area contributed by atoms with Gasteiger partial charge in [0.2, 0.25) is 0 Å². The maximum Gasteiger partial charge on any atom is 0.347 e. The van der Waals surface area contributed by atoms with E-state index in [2.05, 4.69) is 4.98 Å². The van der Waals surface area contributed by atoms with Crippen LogP contribution in [0.2, 0.25) is 0 Å². The number of carboxylic acid groups (broad SMARTS) is 1. The van der Waals surface area contributed by atoms with Crippen LogP contribution in [-0.2, 0) is 16.1 Å². The highest BCUT2D eigenvalue weighted by molar-refractivity contribution is 7.17. The molecule has 0 aromatic carbocycles. The molecule has 0 radical (unpaired) electrons. The summed E-state index contributed by atoms with van der Waals surface area (Å²) < 4.78 is 10.1. The second-order valence-corrected chi connectivity index (χ2v) is 5.27. The lowest BCUT2D eigenvalue weighted by atomic mass is 10.3. The molecule has 19 heavy (non-hydrogen) atoms. The van der Waals surface area contributed by atoms with Crippen molar-refractivity contribution < 1.29 is 19.4 Å². The lowest BCUT2D eigenvalue weighted by molar-refractivity contribution is 0.0697. The highest BCUT2D eigenvalue weighted by atomic mass is 32.1. The first-order valence-electron chi connectivity index (χ1n) is 5.98. The first-order valence-corrected chi connectivity index (χ1v) is 6.80. The predicted octanol–water partition coefficient (Wildman–Crippen LogP) is 1.85. The summed E-state index contributed by atoms with van der Waals surface area (Å²) in [7, 11) is 3.16. The SMILES string of the molecule is COCCN(c1nc(COC)c(C(=O)O)s1)C(C)C. The van der Waals surface area contributed by atoms with E-state index in [1.807, 2.05) is 18.7 Å². The Kier molecular flexibility index (Phi) is 6.20. The maximum atomic E-state index is 11.2. The lowest BCUT2D eigenvalue weighted by Gasteiger charge is -2.25. The third kappa shape index (κ3) is 4.15. The molecule has 0 aliphatic rings. The van der Waals surface area contributed by atoms with Gasteiger partial charge in [-0.2, -0.15) is 0 Å². The van der Waals surface area contributed by atoms with E-state index in [1.54, 1.807) is 7.11 Å². The Morgan fingerprint density at radius 2 is 2.11 bits per heavy atom. The molecule has 1 aromatic heterocycles. The Hall–Kier alpha value is -1.18. The minimum atomic E-state index is -0.966. The average molecular weight is 288 g/mol. The monoisotopic (exact) mass is 288 g/mol. The van der Waals surface area contributed by atoms with Gasteiger partial charge in [-0.25, -0.2) is 9.78 Å². The summed E-state index contributed by atoms with van der Waals surface area (Å²) in [5.41, 5.74) is 0.470. The Morgan fingerprint density at radius 1 is 1.42 bits per heavy atom. The summed E-state index contributed by atoms with van der Waals surface area (Å²) in [4.78, 5) is 17.8. The summed E-state index contributed by atoms with van der Waals surface area (Å²) in [6.45, 7) is 5.52. The standard InChI is InChI=1S/C12H20N2O4S/c1-8(2)14(5-6-17-3)12-13-9(7-18-4)10(19-12)11(15)16/h8H,5-7H2,1-4H3,(H,15,16). The third-order valence-corrected chi connectivity index (χ3v) is 3.69. The van der Waals surface area contributed by atoms with Crippen molar-refractivity contribution >= 4 is 22.4 Å². The topological polar surface area (TPSA) is 71.9 Å². The van der Waals surface area contributed by atoms with E-state index in [9.17, 15) is 9.90 Å².